The molecule has 1 heterocycles. The third-order valence-corrected chi connectivity index (χ3v) is 4.01. The lowest BCUT2D eigenvalue weighted by atomic mass is 10.2. The molecule has 0 spiro atoms. The Morgan fingerprint density at radius 1 is 1.11 bits per heavy atom. The first-order chi connectivity index (χ1) is 13.3. The molecule has 9 heteroatoms. The van der Waals surface area contributed by atoms with Crippen LogP contribution < -0.4 is 16.4 Å². The second-order valence-electron chi connectivity index (χ2n) is 6.32. The van der Waals surface area contributed by atoms with E-state index in [0.29, 0.717) is 16.9 Å². The number of nitrogens with zero attached hydrogens (tertiary/aromatic N) is 3. The molecule has 0 aliphatic heterocycles. The van der Waals surface area contributed by atoms with Gasteiger partial charge >= 0.3 is 0 Å². The molecule has 144 valence electrons. The predicted octanol–water partition coefficient (Wildman–Crippen LogP) is 2.51. The molecule has 0 saturated carbocycles. The van der Waals surface area contributed by atoms with E-state index in [1.165, 1.54) is 6.07 Å². The van der Waals surface area contributed by atoms with Gasteiger partial charge in [0.05, 0.1) is 0 Å². The topological polar surface area (TPSA) is 115 Å². The van der Waals surface area contributed by atoms with E-state index in [2.05, 4.69) is 20.9 Å². The smallest absolute Gasteiger partial charge is 0.280 e. The zero-order valence-corrected chi connectivity index (χ0v) is 15.4. The summed E-state index contributed by atoms with van der Waals surface area (Å²) < 4.78 is 14.7. The lowest BCUT2D eigenvalue weighted by Gasteiger charge is -2.07. The summed E-state index contributed by atoms with van der Waals surface area (Å²) in [6.45, 7) is 3.26. The summed E-state index contributed by atoms with van der Waals surface area (Å²) in [7, 11) is 0. The zero-order valence-electron chi connectivity index (χ0n) is 15.4. The number of aromatic nitrogens is 3. The summed E-state index contributed by atoms with van der Waals surface area (Å²) in [6.07, 6.45) is 0. The first kappa shape index (κ1) is 19.0. The molecule has 0 aliphatic carbocycles. The minimum absolute atomic E-state index is 0.0459. The SMILES string of the molecule is Cc1cccc(NC(=O)c2nnn(CC(=O)Nc3ccc(C)c(F)c3)c2N)c1. The highest BCUT2D eigenvalue weighted by Crippen LogP contribution is 2.15. The molecule has 1 aromatic heterocycles. The monoisotopic (exact) mass is 382 g/mol. The summed E-state index contributed by atoms with van der Waals surface area (Å²) in [5.41, 5.74) is 8.19. The Balaban J connectivity index is 1.67. The fraction of sp³-hybridized carbons (Fsp3) is 0.158. The Hall–Kier alpha value is -3.75. The van der Waals surface area contributed by atoms with Crippen LogP contribution in [0, 0.1) is 19.7 Å². The highest BCUT2D eigenvalue weighted by molar-refractivity contribution is 6.05. The first-order valence-electron chi connectivity index (χ1n) is 8.46. The highest BCUT2D eigenvalue weighted by atomic mass is 19.1. The average molecular weight is 382 g/mol. The molecular formula is C19H19FN6O2. The summed E-state index contributed by atoms with van der Waals surface area (Å²) in [6, 6.07) is 11.6. The molecule has 2 aromatic carbocycles. The van der Waals surface area contributed by atoms with Gasteiger partial charge in [-0.1, -0.05) is 23.4 Å². The number of benzene rings is 2. The third kappa shape index (κ3) is 4.32. The Labute approximate surface area is 160 Å². The van der Waals surface area contributed by atoms with Gasteiger partial charge in [0.25, 0.3) is 5.91 Å². The maximum absolute atomic E-state index is 13.6. The second kappa shape index (κ2) is 7.87. The molecular weight excluding hydrogens is 363 g/mol. The van der Waals surface area contributed by atoms with Crippen LogP contribution in [0.1, 0.15) is 21.6 Å². The Bertz CT molecular complexity index is 1050. The van der Waals surface area contributed by atoms with Crippen LogP contribution in [0.4, 0.5) is 21.6 Å². The van der Waals surface area contributed by atoms with Crippen molar-refractivity contribution in [3.05, 3.63) is 65.1 Å². The molecule has 3 aromatic rings. The minimum atomic E-state index is -0.532. The lowest BCUT2D eigenvalue weighted by Crippen LogP contribution is -2.21. The molecule has 0 atom stereocenters. The van der Waals surface area contributed by atoms with Gasteiger partial charge in [-0.3, -0.25) is 9.59 Å². The fourth-order valence-corrected chi connectivity index (χ4v) is 2.52. The van der Waals surface area contributed by atoms with Crippen molar-refractivity contribution in [1.82, 2.24) is 15.0 Å². The number of amides is 2. The number of nitrogen functional groups attached to an aromatic ring is 1. The van der Waals surface area contributed by atoms with Crippen molar-refractivity contribution in [3.63, 3.8) is 0 Å². The molecule has 0 fully saturated rings. The first-order valence-corrected chi connectivity index (χ1v) is 8.46. The summed E-state index contributed by atoms with van der Waals surface area (Å²) in [5, 5.41) is 12.7. The van der Waals surface area contributed by atoms with Crippen LogP contribution in [0.2, 0.25) is 0 Å². The van der Waals surface area contributed by atoms with Crippen LogP contribution in [0.5, 0.6) is 0 Å². The quantitative estimate of drug-likeness (QED) is 0.627. The van der Waals surface area contributed by atoms with Gasteiger partial charge in [-0.05, 0) is 49.2 Å². The van der Waals surface area contributed by atoms with E-state index < -0.39 is 17.6 Å². The van der Waals surface area contributed by atoms with Gasteiger partial charge < -0.3 is 16.4 Å². The number of nitrogens with two attached hydrogens (primary N) is 1. The number of rotatable bonds is 5. The van der Waals surface area contributed by atoms with Crippen LogP contribution in [0.15, 0.2) is 42.5 Å². The normalized spacial score (nSPS) is 10.5. The van der Waals surface area contributed by atoms with Gasteiger partial charge in [0.15, 0.2) is 11.5 Å². The molecule has 0 saturated heterocycles. The standard InChI is InChI=1S/C19H19FN6O2/c1-11-4-3-5-13(8-11)23-19(28)17-18(21)26(25-24-17)10-16(27)22-14-7-6-12(2)15(20)9-14/h3-9H,10,21H2,1-2H3,(H,22,27)(H,23,28). The molecule has 28 heavy (non-hydrogen) atoms. The van der Waals surface area contributed by atoms with Crippen molar-refractivity contribution < 1.29 is 14.0 Å². The van der Waals surface area contributed by atoms with E-state index >= 15 is 0 Å². The second-order valence-corrected chi connectivity index (χ2v) is 6.32. The molecule has 0 unspecified atom stereocenters. The maximum Gasteiger partial charge on any atom is 0.280 e. The summed E-state index contributed by atoms with van der Waals surface area (Å²) in [5.74, 6) is -1.48. The van der Waals surface area contributed by atoms with Crippen LogP contribution in [-0.2, 0) is 11.3 Å². The average Bonchev–Trinajstić information content (AvgIpc) is 2.99. The fourth-order valence-electron chi connectivity index (χ4n) is 2.52. The van der Waals surface area contributed by atoms with Crippen molar-refractivity contribution >= 4 is 29.0 Å². The Morgan fingerprint density at radius 3 is 2.57 bits per heavy atom. The molecule has 0 radical (unpaired) electrons. The number of halogens is 1. The van der Waals surface area contributed by atoms with Crippen molar-refractivity contribution in [2.24, 2.45) is 0 Å². The van der Waals surface area contributed by atoms with E-state index in [-0.39, 0.29) is 18.1 Å². The van der Waals surface area contributed by atoms with E-state index in [1.807, 2.05) is 19.1 Å². The van der Waals surface area contributed by atoms with Gasteiger partial charge in [0.2, 0.25) is 5.91 Å². The van der Waals surface area contributed by atoms with E-state index in [1.54, 1.807) is 31.2 Å². The number of carbonyl (C=O) groups excluding carboxylic acids is 2. The van der Waals surface area contributed by atoms with Crippen molar-refractivity contribution in [1.29, 1.82) is 0 Å². The Morgan fingerprint density at radius 2 is 1.86 bits per heavy atom. The zero-order chi connectivity index (χ0) is 20.3. The minimum Gasteiger partial charge on any atom is -0.382 e. The maximum atomic E-state index is 13.6. The molecule has 3 rings (SSSR count). The molecule has 8 nitrogen and oxygen atoms in total. The van der Waals surface area contributed by atoms with Gasteiger partial charge in [-0.15, -0.1) is 5.10 Å². The van der Waals surface area contributed by atoms with Crippen LogP contribution >= 0.6 is 0 Å². The number of anilines is 3. The van der Waals surface area contributed by atoms with Crippen molar-refractivity contribution in [3.8, 4) is 0 Å². The van der Waals surface area contributed by atoms with Crippen molar-refractivity contribution in [2.45, 2.75) is 20.4 Å². The van der Waals surface area contributed by atoms with E-state index in [9.17, 15) is 14.0 Å². The van der Waals surface area contributed by atoms with E-state index in [0.717, 1.165) is 10.2 Å². The van der Waals surface area contributed by atoms with Gasteiger partial charge in [-0.25, -0.2) is 9.07 Å². The van der Waals surface area contributed by atoms with Crippen LogP contribution in [0.3, 0.4) is 0 Å². The highest BCUT2D eigenvalue weighted by Gasteiger charge is 2.19. The van der Waals surface area contributed by atoms with Gasteiger partial charge in [0.1, 0.15) is 12.4 Å². The molecule has 0 aliphatic rings. The van der Waals surface area contributed by atoms with Crippen molar-refractivity contribution in [2.75, 3.05) is 16.4 Å². The number of nitrogens with one attached hydrogen (secondary N) is 2. The predicted molar refractivity (Wildman–Crippen MR) is 103 cm³/mol. The van der Waals surface area contributed by atoms with Crippen LogP contribution in [-0.4, -0.2) is 26.8 Å². The number of hydrogen-bond donors (Lipinski definition) is 3. The third-order valence-electron chi connectivity index (χ3n) is 4.01. The lowest BCUT2D eigenvalue weighted by molar-refractivity contribution is -0.116. The van der Waals surface area contributed by atoms with Gasteiger partial charge in [0, 0.05) is 11.4 Å². The molecule has 0 bridgehead atoms. The Kier molecular flexibility index (Phi) is 5.35. The molecule has 2 amide bonds. The number of carbonyl (C=O) groups is 2. The van der Waals surface area contributed by atoms with Crippen LogP contribution in [0.25, 0.3) is 0 Å². The molecule has 4 N–H and O–H groups in total. The van der Waals surface area contributed by atoms with E-state index in [4.69, 9.17) is 5.73 Å². The number of hydrogen-bond acceptors (Lipinski definition) is 5. The number of aryl methyl sites for hydroxylation is 2. The summed E-state index contributed by atoms with van der Waals surface area (Å²) >= 11 is 0. The van der Waals surface area contributed by atoms with Gasteiger partial charge in [-0.2, -0.15) is 0 Å². The summed E-state index contributed by atoms with van der Waals surface area (Å²) in [4.78, 5) is 24.5. The largest absolute Gasteiger partial charge is 0.382 e.